The zero-order valence-electron chi connectivity index (χ0n) is 22.9. The summed E-state index contributed by atoms with van der Waals surface area (Å²) in [4.78, 5) is 67.7. The van der Waals surface area contributed by atoms with Crippen LogP contribution in [0.3, 0.4) is 0 Å². The fourth-order valence-corrected chi connectivity index (χ4v) is 7.06. The first-order valence-electron chi connectivity index (χ1n) is 13.2. The van der Waals surface area contributed by atoms with Crippen LogP contribution in [0.4, 0.5) is 5.69 Å². The second-order valence-electron chi connectivity index (χ2n) is 9.95. The van der Waals surface area contributed by atoms with Crippen molar-refractivity contribution in [3.8, 4) is 0 Å². The minimum absolute atomic E-state index is 0.192. The molecule has 1 aromatic rings. The minimum Gasteiger partial charge on any atom is -0.369 e. The third-order valence-electron chi connectivity index (χ3n) is 7.01. The molecular formula is C24H40Cl2N4O9P2. The van der Waals surface area contributed by atoms with Gasteiger partial charge in [-0.2, -0.15) is 0 Å². The van der Waals surface area contributed by atoms with Gasteiger partial charge in [0.25, 0.3) is 5.08 Å². The van der Waals surface area contributed by atoms with Gasteiger partial charge >= 0.3 is 15.2 Å². The van der Waals surface area contributed by atoms with Gasteiger partial charge in [-0.05, 0) is 37.5 Å². The predicted octanol–water partition coefficient (Wildman–Crippen LogP) is 1.33. The van der Waals surface area contributed by atoms with Crippen LogP contribution in [-0.4, -0.2) is 115 Å². The normalized spacial score (nSPS) is 16.0. The first-order chi connectivity index (χ1) is 19.1. The Morgan fingerprint density at radius 1 is 1.00 bits per heavy atom. The summed E-state index contributed by atoms with van der Waals surface area (Å²) in [7, 11) is -11.0. The molecular weight excluding hydrogens is 621 g/mol. The molecule has 6 N–H and O–H groups in total. The average molecular weight is 661 g/mol. The summed E-state index contributed by atoms with van der Waals surface area (Å²) in [6, 6.07) is 7.27. The van der Waals surface area contributed by atoms with Gasteiger partial charge in [0, 0.05) is 76.1 Å². The molecule has 1 aliphatic rings. The largest absolute Gasteiger partial charge is 0.369 e. The van der Waals surface area contributed by atoms with Crippen LogP contribution in [0.15, 0.2) is 24.3 Å². The van der Waals surface area contributed by atoms with Crippen molar-refractivity contribution in [1.29, 1.82) is 0 Å². The zero-order valence-corrected chi connectivity index (χ0v) is 26.2. The number of anilines is 1. The Kier molecular flexibility index (Phi) is 14.0. The smallest absolute Gasteiger partial charge is 0.369 e. The van der Waals surface area contributed by atoms with Crippen LogP contribution in [0, 0.1) is 0 Å². The summed E-state index contributed by atoms with van der Waals surface area (Å²) >= 11 is 11.7. The fraction of sp³-hybridized carbons (Fsp3) is 0.667. The van der Waals surface area contributed by atoms with E-state index in [2.05, 4.69) is 10.2 Å². The van der Waals surface area contributed by atoms with E-state index in [0.29, 0.717) is 37.7 Å². The molecule has 0 bridgehead atoms. The molecule has 41 heavy (non-hydrogen) atoms. The van der Waals surface area contributed by atoms with Gasteiger partial charge < -0.3 is 39.8 Å². The van der Waals surface area contributed by atoms with Gasteiger partial charge in [-0.1, -0.05) is 12.1 Å². The van der Waals surface area contributed by atoms with E-state index in [1.54, 1.807) is 16.7 Å². The number of benzene rings is 1. The number of halogens is 2. The molecule has 0 saturated carbocycles. The molecule has 0 unspecified atom stereocenters. The summed E-state index contributed by atoms with van der Waals surface area (Å²) in [6.07, 6.45) is 0.710. The number of nitrogens with one attached hydrogen (secondary N) is 1. The van der Waals surface area contributed by atoms with Crippen LogP contribution in [0.1, 0.15) is 31.7 Å². The predicted molar refractivity (Wildman–Crippen MR) is 157 cm³/mol. The van der Waals surface area contributed by atoms with E-state index in [1.807, 2.05) is 24.3 Å². The molecule has 13 nitrogen and oxygen atoms in total. The second kappa shape index (κ2) is 16.0. The van der Waals surface area contributed by atoms with Gasteiger partial charge in [0.15, 0.2) is 0 Å². The summed E-state index contributed by atoms with van der Waals surface area (Å²) < 4.78 is 23.1. The van der Waals surface area contributed by atoms with Gasteiger partial charge in [-0.15, -0.1) is 23.2 Å². The Hall–Kier alpha value is -1.24. The van der Waals surface area contributed by atoms with E-state index in [4.69, 9.17) is 23.2 Å². The molecule has 1 heterocycles. The molecule has 1 aliphatic heterocycles. The molecule has 0 spiro atoms. The minimum atomic E-state index is -5.52. The highest BCUT2D eigenvalue weighted by atomic mass is 35.5. The number of carbonyl (C=O) groups is 2. The van der Waals surface area contributed by atoms with E-state index in [1.165, 1.54) is 0 Å². The van der Waals surface area contributed by atoms with Crippen LogP contribution in [0.5, 0.6) is 0 Å². The van der Waals surface area contributed by atoms with Crippen molar-refractivity contribution in [3.63, 3.8) is 0 Å². The molecule has 17 heteroatoms. The summed E-state index contributed by atoms with van der Waals surface area (Å²) in [5.41, 5.74) is 2.12. The number of aliphatic hydroxyl groups is 1. The molecule has 0 radical (unpaired) electrons. The summed E-state index contributed by atoms with van der Waals surface area (Å²) in [5, 5.41) is 9.29. The van der Waals surface area contributed by atoms with Crippen molar-refractivity contribution in [2.75, 3.05) is 62.5 Å². The summed E-state index contributed by atoms with van der Waals surface area (Å²) in [6.45, 7) is 3.81. The van der Waals surface area contributed by atoms with Crippen molar-refractivity contribution < 1.29 is 43.4 Å². The molecule has 1 fully saturated rings. The highest BCUT2D eigenvalue weighted by Crippen LogP contribution is 2.68. The fourth-order valence-electron chi connectivity index (χ4n) is 4.51. The Morgan fingerprint density at radius 2 is 1.54 bits per heavy atom. The molecule has 1 atom stereocenters. The Labute approximate surface area is 250 Å². The van der Waals surface area contributed by atoms with E-state index in [-0.39, 0.29) is 51.0 Å². The Bertz CT molecular complexity index is 1070. The lowest BCUT2D eigenvalue weighted by atomic mass is 10.1. The quantitative estimate of drug-likeness (QED) is 0.111. The monoisotopic (exact) mass is 660 g/mol. The number of hydrogen-bond donors (Lipinski definition) is 6. The van der Waals surface area contributed by atoms with Crippen LogP contribution in [0.25, 0.3) is 0 Å². The van der Waals surface area contributed by atoms with E-state index in [9.17, 15) is 43.4 Å². The second-order valence-corrected chi connectivity index (χ2v) is 14.7. The van der Waals surface area contributed by atoms with Crippen molar-refractivity contribution >= 4 is 55.9 Å². The maximum atomic E-state index is 12.8. The first-order valence-corrected chi connectivity index (χ1v) is 17.5. The third kappa shape index (κ3) is 10.5. The van der Waals surface area contributed by atoms with Gasteiger partial charge in [-0.25, -0.2) is 0 Å². The van der Waals surface area contributed by atoms with Gasteiger partial charge in [0.2, 0.25) is 11.8 Å². The standard InChI is InChI=1S/C24H40Cl2N4O9P2/c1-19(27-22(31)4-2-3-20-5-7-21(8-6-20)29(13-10-25)14-11-26)23(32)30-17-15-28(16-18-30)12-9-24(33,40(34,35)36)41(37,38)39/h5-8,19,33H,2-4,9-18H2,1H3,(H,27,31)(H2,34,35,36)(H2,37,38,39)/t19-/m0/s1. The number of nitrogens with zero attached hydrogens (tertiary/aromatic N) is 3. The number of aryl methyl sites for hydroxylation is 1. The topological polar surface area (TPSA) is 191 Å². The molecule has 2 amide bonds. The van der Waals surface area contributed by atoms with Crippen LogP contribution in [-0.2, 0) is 25.1 Å². The highest BCUT2D eigenvalue weighted by molar-refractivity contribution is 7.72. The number of rotatable bonds is 16. The van der Waals surface area contributed by atoms with Crippen LogP contribution < -0.4 is 10.2 Å². The van der Waals surface area contributed by atoms with Crippen molar-refractivity contribution in [1.82, 2.24) is 15.1 Å². The number of amides is 2. The maximum Gasteiger partial charge on any atom is 0.369 e. The van der Waals surface area contributed by atoms with Gasteiger partial charge in [-0.3, -0.25) is 23.6 Å². The van der Waals surface area contributed by atoms with E-state index >= 15 is 0 Å². The molecule has 0 aromatic heterocycles. The zero-order chi connectivity index (χ0) is 30.8. The van der Waals surface area contributed by atoms with Gasteiger partial charge in [0.1, 0.15) is 6.04 Å². The number of piperazine rings is 1. The average Bonchev–Trinajstić information content (AvgIpc) is 2.90. The lowest BCUT2D eigenvalue weighted by Gasteiger charge is -2.37. The van der Waals surface area contributed by atoms with Crippen molar-refractivity contribution in [2.24, 2.45) is 0 Å². The molecule has 234 valence electrons. The Morgan fingerprint density at radius 3 is 2.02 bits per heavy atom. The number of hydrogen-bond acceptors (Lipinski definition) is 7. The third-order valence-corrected chi connectivity index (χ3v) is 11.2. The highest BCUT2D eigenvalue weighted by Gasteiger charge is 2.59. The van der Waals surface area contributed by atoms with E-state index in [0.717, 1.165) is 11.3 Å². The molecule has 0 aliphatic carbocycles. The van der Waals surface area contributed by atoms with Crippen LogP contribution >= 0.6 is 38.4 Å². The van der Waals surface area contributed by atoms with Crippen molar-refractivity contribution in [3.05, 3.63) is 29.8 Å². The SMILES string of the molecule is C[C@H](NC(=O)CCCc1ccc(N(CCCl)CCCl)cc1)C(=O)N1CCN(CCC(O)(P(=O)(O)O)P(=O)(O)O)CC1. The molecule has 1 aromatic carbocycles. The molecule has 2 rings (SSSR count). The number of alkyl halides is 2. The van der Waals surface area contributed by atoms with E-state index < -0.39 is 32.7 Å². The lowest BCUT2D eigenvalue weighted by Crippen LogP contribution is -2.54. The van der Waals surface area contributed by atoms with Crippen molar-refractivity contribution in [2.45, 2.75) is 43.7 Å². The Balaban J connectivity index is 1.75. The van der Waals surface area contributed by atoms with Gasteiger partial charge in [0.05, 0.1) is 0 Å². The molecule has 1 saturated heterocycles. The lowest BCUT2D eigenvalue weighted by molar-refractivity contribution is -0.137. The number of carbonyl (C=O) groups excluding carboxylic acids is 2. The first kappa shape index (κ1) is 36.0. The summed E-state index contributed by atoms with van der Waals surface area (Å²) in [5.74, 6) is 0.471. The van der Waals surface area contributed by atoms with Crippen LogP contribution in [0.2, 0.25) is 0 Å². The maximum absolute atomic E-state index is 12.8.